The number of benzene rings is 3. The maximum atomic E-state index is 12.2. The number of hydrogen-bond donors (Lipinski definition) is 1. The molecule has 34 heavy (non-hydrogen) atoms. The Kier molecular flexibility index (Phi) is 11.2. The van der Waals surface area contributed by atoms with Gasteiger partial charge in [-0.05, 0) is 48.9 Å². The fourth-order valence-electron chi connectivity index (χ4n) is 4.77. The quantitative estimate of drug-likeness (QED) is 0.171. The van der Waals surface area contributed by atoms with Gasteiger partial charge < -0.3 is 5.32 Å². The SMILES string of the molecule is CCCCCCCCCCCCCCc1ccc(Nc2c(C(C)=O)ccc3ccccc23)cc1. The lowest BCUT2D eigenvalue weighted by molar-refractivity contribution is 0.101. The van der Waals surface area contributed by atoms with Crippen molar-refractivity contribution < 1.29 is 4.79 Å². The molecule has 0 saturated carbocycles. The maximum absolute atomic E-state index is 12.2. The third kappa shape index (κ3) is 8.31. The molecule has 0 amide bonds. The molecule has 0 aromatic heterocycles. The molecule has 0 fully saturated rings. The van der Waals surface area contributed by atoms with Gasteiger partial charge in [0.15, 0.2) is 5.78 Å². The van der Waals surface area contributed by atoms with Crippen molar-refractivity contribution in [2.45, 2.75) is 97.3 Å². The average Bonchev–Trinajstić information content (AvgIpc) is 2.85. The molecule has 182 valence electrons. The third-order valence-electron chi connectivity index (χ3n) is 6.85. The molecule has 2 heteroatoms. The molecule has 0 heterocycles. The molecule has 2 nitrogen and oxygen atoms in total. The molecule has 0 aliphatic rings. The summed E-state index contributed by atoms with van der Waals surface area (Å²) in [7, 11) is 0. The molecule has 1 N–H and O–H groups in total. The Balaban J connectivity index is 1.39. The summed E-state index contributed by atoms with van der Waals surface area (Å²) in [4.78, 5) is 12.2. The zero-order valence-electron chi connectivity index (χ0n) is 21.4. The van der Waals surface area contributed by atoms with E-state index < -0.39 is 0 Å². The van der Waals surface area contributed by atoms with Gasteiger partial charge in [-0.25, -0.2) is 0 Å². The fourth-order valence-corrected chi connectivity index (χ4v) is 4.77. The van der Waals surface area contributed by atoms with E-state index in [9.17, 15) is 4.79 Å². The summed E-state index contributed by atoms with van der Waals surface area (Å²) in [5.74, 6) is 0.0804. The van der Waals surface area contributed by atoms with Gasteiger partial charge in [0.1, 0.15) is 0 Å². The number of anilines is 2. The summed E-state index contributed by atoms with van der Waals surface area (Å²) in [5, 5.41) is 5.74. The van der Waals surface area contributed by atoms with Gasteiger partial charge in [-0.1, -0.05) is 120 Å². The van der Waals surface area contributed by atoms with E-state index in [1.54, 1.807) is 6.92 Å². The van der Waals surface area contributed by atoms with Gasteiger partial charge >= 0.3 is 0 Å². The minimum absolute atomic E-state index is 0.0804. The zero-order valence-corrected chi connectivity index (χ0v) is 21.4. The number of hydrogen-bond acceptors (Lipinski definition) is 2. The van der Waals surface area contributed by atoms with Crippen LogP contribution >= 0.6 is 0 Å². The first-order valence-electron chi connectivity index (χ1n) is 13.6. The zero-order chi connectivity index (χ0) is 24.0. The Morgan fingerprint density at radius 2 is 1.26 bits per heavy atom. The second-order valence-electron chi connectivity index (χ2n) is 9.73. The van der Waals surface area contributed by atoms with Crippen molar-refractivity contribution in [3.8, 4) is 0 Å². The molecule has 0 aliphatic heterocycles. The summed E-state index contributed by atoms with van der Waals surface area (Å²) in [6, 6.07) is 20.9. The molecule has 0 unspecified atom stereocenters. The number of carbonyl (C=O) groups excluding carboxylic acids is 1. The average molecular weight is 458 g/mol. The van der Waals surface area contributed by atoms with Crippen LogP contribution in [0.2, 0.25) is 0 Å². The Morgan fingerprint density at radius 3 is 1.88 bits per heavy atom. The molecule has 0 spiro atoms. The van der Waals surface area contributed by atoms with E-state index in [2.05, 4.69) is 48.6 Å². The van der Waals surface area contributed by atoms with Crippen LogP contribution in [0.4, 0.5) is 11.4 Å². The number of fused-ring (bicyclic) bond motifs is 1. The van der Waals surface area contributed by atoms with Crippen molar-refractivity contribution in [3.63, 3.8) is 0 Å². The minimum atomic E-state index is 0.0804. The summed E-state index contributed by atoms with van der Waals surface area (Å²) in [6.45, 7) is 3.92. The highest BCUT2D eigenvalue weighted by Gasteiger charge is 2.11. The first-order valence-corrected chi connectivity index (χ1v) is 13.6. The summed E-state index contributed by atoms with van der Waals surface area (Å²) >= 11 is 0. The number of carbonyl (C=O) groups is 1. The number of unbranched alkanes of at least 4 members (excludes halogenated alkanes) is 11. The standard InChI is InChI=1S/C32H43NO/c1-3-4-5-6-7-8-9-10-11-12-13-14-17-27-20-23-29(24-21-27)33-32-30(26(2)34)25-22-28-18-15-16-19-31(28)32/h15-16,18-25,33H,3-14,17H2,1-2H3. The second kappa shape index (κ2) is 14.6. The second-order valence-corrected chi connectivity index (χ2v) is 9.73. The van der Waals surface area contributed by atoms with Gasteiger partial charge in [0.2, 0.25) is 0 Å². The minimum Gasteiger partial charge on any atom is -0.354 e. The van der Waals surface area contributed by atoms with Crippen molar-refractivity contribution in [2.75, 3.05) is 5.32 Å². The predicted octanol–water partition coefficient (Wildman–Crippen LogP) is 10.0. The van der Waals surface area contributed by atoms with E-state index in [0.29, 0.717) is 0 Å². The first kappa shape index (κ1) is 26.0. The third-order valence-corrected chi connectivity index (χ3v) is 6.85. The predicted molar refractivity (Wildman–Crippen MR) is 148 cm³/mol. The van der Waals surface area contributed by atoms with Gasteiger partial charge in [-0.15, -0.1) is 0 Å². The molecule has 0 atom stereocenters. The summed E-state index contributed by atoms with van der Waals surface area (Å²) in [5.41, 5.74) is 4.05. The lowest BCUT2D eigenvalue weighted by Crippen LogP contribution is -2.01. The number of aryl methyl sites for hydroxylation is 1. The van der Waals surface area contributed by atoms with Crippen LogP contribution in [0, 0.1) is 0 Å². The molecule has 0 aliphatic carbocycles. The van der Waals surface area contributed by atoms with Crippen LogP contribution in [-0.2, 0) is 6.42 Å². The Bertz CT molecular complexity index is 1010. The Morgan fingerprint density at radius 1 is 0.676 bits per heavy atom. The number of ketones is 1. The van der Waals surface area contributed by atoms with Crippen molar-refractivity contribution in [1.82, 2.24) is 0 Å². The smallest absolute Gasteiger partial charge is 0.161 e. The molecule has 3 aromatic rings. The number of rotatable bonds is 16. The Labute approximate surface area is 207 Å². The summed E-state index contributed by atoms with van der Waals surface area (Å²) < 4.78 is 0. The normalized spacial score (nSPS) is 11.1. The molecule has 0 radical (unpaired) electrons. The lowest BCUT2D eigenvalue weighted by atomic mass is 10.0. The van der Waals surface area contributed by atoms with Gasteiger partial charge in [-0.2, -0.15) is 0 Å². The maximum Gasteiger partial charge on any atom is 0.161 e. The topological polar surface area (TPSA) is 29.1 Å². The van der Waals surface area contributed by atoms with Crippen LogP contribution in [0.25, 0.3) is 10.8 Å². The Hall–Kier alpha value is -2.61. The van der Waals surface area contributed by atoms with Crippen LogP contribution in [0.3, 0.4) is 0 Å². The highest BCUT2D eigenvalue weighted by molar-refractivity contribution is 6.09. The van der Waals surface area contributed by atoms with E-state index in [1.165, 1.54) is 82.6 Å². The van der Waals surface area contributed by atoms with E-state index in [-0.39, 0.29) is 5.78 Å². The van der Waals surface area contributed by atoms with Crippen LogP contribution in [0.1, 0.15) is 107 Å². The van der Waals surface area contributed by atoms with E-state index in [0.717, 1.165) is 34.1 Å². The fraction of sp³-hybridized carbons (Fsp3) is 0.469. The van der Waals surface area contributed by atoms with Crippen molar-refractivity contribution in [3.05, 3.63) is 71.8 Å². The molecular weight excluding hydrogens is 414 g/mol. The van der Waals surface area contributed by atoms with Crippen LogP contribution in [-0.4, -0.2) is 5.78 Å². The molecule has 0 saturated heterocycles. The van der Waals surface area contributed by atoms with Gasteiger partial charge in [0.05, 0.1) is 5.69 Å². The number of nitrogens with one attached hydrogen (secondary N) is 1. The van der Waals surface area contributed by atoms with E-state index >= 15 is 0 Å². The molecule has 3 rings (SSSR count). The van der Waals surface area contributed by atoms with Crippen LogP contribution < -0.4 is 5.32 Å². The van der Waals surface area contributed by atoms with Crippen molar-refractivity contribution in [2.24, 2.45) is 0 Å². The monoisotopic (exact) mass is 457 g/mol. The highest BCUT2D eigenvalue weighted by atomic mass is 16.1. The van der Waals surface area contributed by atoms with Crippen LogP contribution in [0.5, 0.6) is 0 Å². The highest BCUT2D eigenvalue weighted by Crippen LogP contribution is 2.31. The van der Waals surface area contributed by atoms with Crippen molar-refractivity contribution in [1.29, 1.82) is 0 Å². The van der Waals surface area contributed by atoms with Gasteiger partial charge in [0, 0.05) is 16.6 Å². The largest absolute Gasteiger partial charge is 0.354 e. The molecule has 0 bridgehead atoms. The van der Waals surface area contributed by atoms with Crippen LogP contribution in [0.15, 0.2) is 60.7 Å². The molecule has 3 aromatic carbocycles. The first-order chi connectivity index (χ1) is 16.7. The van der Waals surface area contributed by atoms with E-state index in [1.807, 2.05) is 24.3 Å². The molecular formula is C32H43NO. The van der Waals surface area contributed by atoms with Gasteiger partial charge in [0.25, 0.3) is 0 Å². The summed E-state index contributed by atoms with van der Waals surface area (Å²) in [6.07, 6.45) is 17.8. The number of Topliss-reactive ketones (excluding diaryl/α,β-unsaturated/α-hetero) is 1. The van der Waals surface area contributed by atoms with Crippen molar-refractivity contribution >= 4 is 27.9 Å². The van der Waals surface area contributed by atoms with Gasteiger partial charge in [-0.3, -0.25) is 4.79 Å². The van der Waals surface area contributed by atoms with E-state index in [4.69, 9.17) is 0 Å². The lowest BCUT2D eigenvalue weighted by Gasteiger charge is -2.14.